The molecule has 1 heterocycles. The Balaban J connectivity index is 3.11. The zero-order valence-electron chi connectivity index (χ0n) is 10.6. The van der Waals surface area contributed by atoms with E-state index in [1.807, 2.05) is 0 Å². The number of rotatable bonds is 3. The van der Waals surface area contributed by atoms with E-state index in [2.05, 4.69) is 55.3 Å². The lowest BCUT2D eigenvalue weighted by atomic mass is 9.96. The molecule has 0 aliphatic carbocycles. The number of nitrogens with zero attached hydrogens (tertiary/aromatic N) is 2. The van der Waals surface area contributed by atoms with Crippen molar-refractivity contribution < 1.29 is 0 Å². The van der Waals surface area contributed by atoms with Crippen molar-refractivity contribution in [1.29, 1.82) is 0 Å². The number of hydrazine groups is 1. The van der Waals surface area contributed by atoms with Crippen LogP contribution in [0.25, 0.3) is 0 Å². The fourth-order valence-corrected chi connectivity index (χ4v) is 1.23. The standard InChI is InChI=1S/C11H21N5/c1-7(2)13-8-6-9(16-12)15-10(14-8)11(3,4)5/h6-7H,12H2,1-5H3,(H2,13,14,15,16). The molecule has 16 heavy (non-hydrogen) atoms. The quantitative estimate of drug-likeness (QED) is 0.539. The summed E-state index contributed by atoms with van der Waals surface area (Å²) >= 11 is 0. The summed E-state index contributed by atoms with van der Waals surface area (Å²) in [6, 6.07) is 2.13. The van der Waals surface area contributed by atoms with Crippen LogP contribution in [0.4, 0.5) is 11.6 Å². The Morgan fingerprint density at radius 2 is 1.75 bits per heavy atom. The molecular formula is C11H21N5. The van der Waals surface area contributed by atoms with Gasteiger partial charge in [0.15, 0.2) is 0 Å². The maximum Gasteiger partial charge on any atom is 0.145 e. The average molecular weight is 223 g/mol. The Hall–Kier alpha value is -1.36. The molecule has 1 aromatic rings. The molecule has 0 unspecified atom stereocenters. The SMILES string of the molecule is CC(C)Nc1cc(NN)nc(C(C)(C)C)n1. The Kier molecular flexibility index (Phi) is 3.70. The minimum absolute atomic E-state index is 0.0970. The highest BCUT2D eigenvalue weighted by Crippen LogP contribution is 2.22. The third-order valence-corrected chi connectivity index (χ3v) is 1.98. The highest BCUT2D eigenvalue weighted by Gasteiger charge is 2.19. The van der Waals surface area contributed by atoms with E-state index < -0.39 is 0 Å². The van der Waals surface area contributed by atoms with Gasteiger partial charge in [0.25, 0.3) is 0 Å². The predicted molar refractivity (Wildman–Crippen MR) is 67.3 cm³/mol. The average Bonchev–Trinajstić information content (AvgIpc) is 2.14. The molecule has 0 aliphatic heterocycles. The number of anilines is 2. The zero-order valence-corrected chi connectivity index (χ0v) is 10.6. The summed E-state index contributed by atoms with van der Waals surface area (Å²) in [4.78, 5) is 8.82. The molecule has 0 spiro atoms. The van der Waals surface area contributed by atoms with Gasteiger partial charge in [-0.05, 0) is 13.8 Å². The van der Waals surface area contributed by atoms with Crippen LogP contribution < -0.4 is 16.6 Å². The van der Waals surface area contributed by atoms with Gasteiger partial charge in [0, 0.05) is 17.5 Å². The van der Waals surface area contributed by atoms with E-state index in [0.29, 0.717) is 11.9 Å². The second kappa shape index (κ2) is 4.65. The van der Waals surface area contributed by atoms with E-state index in [1.165, 1.54) is 0 Å². The Morgan fingerprint density at radius 1 is 1.19 bits per heavy atom. The molecule has 1 rings (SSSR count). The normalized spacial score (nSPS) is 11.7. The molecule has 1 aromatic heterocycles. The Bertz CT molecular complexity index is 354. The Morgan fingerprint density at radius 3 is 2.19 bits per heavy atom. The van der Waals surface area contributed by atoms with Crippen LogP contribution in [0.15, 0.2) is 6.07 Å². The molecule has 0 aromatic carbocycles. The molecule has 0 atom stereocenters. The van der Waals surface area contributed by atoms with Crippen LogP contribution in [0, 0.1) is 0 Å². The first-order chi connectivity index (χ1) is 7.32. The molecule has 4 N–H and O–H groups in total. The van der Waals surface area contributed by atoms with Crippen LogP contribution in [-0.2, 0) is 5.41 Å². The second-order valence-electron chi connectivity index (χ2n) is 5.16. The summed E-state index contributed by atoms with van der Waals surface area (Å²) in [7, 11) is 0. The van der Waals surface area contributed by atoms with Crippen molar-refractivity contribution in [3.63, 3.8) is 0 Å². The van der Waals surface area contributed by atoms with E-state index in [1.54, 1.807) is 6.07 Å². The number of nitrogens with one attached hydrogen (secondary N) is 2. The van der Waals surface area contributed by atoms with Gasteiger partial charge in [-0.3, -0.25) is 0 Å². The fraction of sp³-hybridized carbons (Fsp3) is 0.636. The molecule has 90 valence electrons. The lowest BCUT2D eigenvalue weighted by Gasteiger charge is -2.19. The van der Waals surface area contributed by atoms with Gasteiger partial charge in [0.05, 0.1) is 0 Å². The molecule has 0 saturated heterocycles. The first-order valence-electron chi connectivity index (χ1n) is 5.45. The summed E-state index contributed by atoms with van der Waals surface area (Å²) in [6.07, 6.45) is 0. The molecule has 0 bridgehead atoms. The van der Waals surface area contributed by atoms with Gasteiger partial charge in [-0.1, -0.05) is 20.8 Å². The highest BCUT2D eigenvalue weighted by molar-refractivity contribution is 5.47. The molecule has 0 aliphatic rings. The van der Waals surface area contributed by atoms with E-state index in [4.69, 9.17) is 5.84 Å². The molecule has 0 fully saturated rings. The summed E-state index contributed by atoms with van der Waals surface area (Å²) in [5, 5.41) is 3.25. The lowest BCUT2D eigenvalue weighted by molar-refractivity contribution is 0.546. The van der Waals surface area contributed by atoms with Crippen molar-refractivity contribution in [2.75, 3.05) is 10.7 Å². The van der Waals surface area contributed by atoms with Crippen LogP contribution in [0.5, 0.6) is 0 Å². The minimum atomic E-state index is -0.0970. The van der Waals surface area contributed by atoms with Crippen molar-refractivity contribution >= 4 is 11.6 Å². The molecule has 0 saturated carbocycles. The number of hydrogen-bond acceptors (Lipinski definition) is 5. The predicted octanol–water partition coefficient (Wildman–Crippen LogP) is 1.88. The van der Waals surface area contributed by atoms with E-state index in [0.717, 1.165) is 11.6 Å². The number of aromatic nitrogens is 2. The zero-order chi connectivity index (χ0) is 12.3. The van der Waals surface area contributed by atoms with Crippen LogP contribution in [0.3, 0.4) is 0 Å². The first kappa shape index (κ1) is 12.7. The van der Waals surface area contributed by atoms with E-state index in [-0.39, 0.29) is 5.41 Å². The molecule has 5 heteroatoms. The molecule has 0 amide bonds. The van der Waals surface area contributed by atoms with Crippen molar-refractivity contribution in [1.82, 2.24) is 9.97 Å². The van der Waals surface area contributed by atoms with Crippen molar-refractivity contribution in [2.45, 2.75) is 46.1 Å². The summed E-state index contributed by atoms with van der Waals surface area (Å²) in [5.74, 6) is 7.59. The van der Waals surface area contributed by atoms with Crippen LogP contribution in [-0.4, -0.2) is 16.0 Å². The summed E-state index contributed by atoms with van der Waals surface area (Å²) < 4.78 is 0. The van der Waals surface area contributed by atoms with E-state index in [9.17, 15) is 0 Å². The maximum atomic E-state index is 5.39. The Labute approximate surface area is 96.8 Å². The van der Waals surface area contributed by atoms with Crippen LogP contribution in [0.1, 0.15) is 40.4 Å². The minimum Gasteiger partial charge on any atom is -0.368 e. The van der Waals surface area contributed by atoms with Gasteiger partial charge in [0.1, 0.15) is 17.5 Å². The number of hydrogen-bond donors (Lipinski definition) is 3. The molecule has 0 radical (unpaired) electrons. The topological polar surface area (TPSA) is 75.9 Å². The van der Waals surface area contributed by atoms with Crippen molar-refractivity contribution in [2.24, 2.45) is 5.84 Å². The van der Waals surface area contributed by atoms with Crippen LogP contribution >= 0.6 is 0 Å². The first-order valence-corrected chi connectivity index (χ1v) is 5.45. The van der Waals surface area contributed by atoms with Gasteiger partial charge >= 0.3 is 0 Å². The van der Waals surface area contributed by atoms with Gasteiger partial charge in [-0.25, -0.2) is 15.8 Å². The third-order valence-electron chi connectivity index (χ3n) is 1.98. The van der Waals surface area contributed by atoms with Crippen LogP contribution in [0.2, 0.25) is 0 Å². The number of nitrogen functional groups attached to an aromatic ring is 1. The van der Waals surface area contributed by atoms with Gasteiger partial charge in [-0.2, -0.15) is 0 Å². The van der Waals surface area contributed by atoms with Crippen molar-refractivity contribution in [3.05, 3.63) is 11.9 Å². The lowest BCUT2D eigenvalue weighted by Crippen LogP contribution is -2.21. The largest absolute Gasteiger partial charge is 0.368 e. The van der Waals surface area contributed by atoms with E-state index >= 15 is 0 Å². The second-order valence-corrected chi connectivity index (χ2v) is 5.16. The maximum absolute atomic E-state index is 5.39. The summed E-state index contributed by atoms with van der Waals surface area (Å²) in [5.41, 5.74) is 2.47. The smallest absolute Gasteiger partial charge is 0.145 e. The molecule has 5 nitrogen and oxygen atoms in total. The fourth-order valence-electron chi connectivity index (χ4n) is 1.23. The third kappa shape index (κ3) is 3.34. The summed E-state index contributed by atoms with van der Waals surface area (Å²) in [6.45, 7) is 10.3. The van der Waals surface area contributed by atoms with Gasteiger partial charge in [0.2, 0.25) is 0 Å². The van der Waals surface area contributed by atoms with Crippen molar-refractivity contribution in [3.8, 4) is 0 Å². The molecular weight excluding hydrogens is 202 g/mol. The van der Waals surface area contributed by atoms with Gasteiger partial charge < -0.3 is 10.7 Å². The van der Waals surface area contributed by atoms with Gasteiger partial charge in [-0.15, -0.1) is 0 Å². The highest BCUT2D eigenvalue weighted by atomic mass is 15.3. The monoisotopic (exact) mass is 223 g/mol. The number of nitrogens with two attached hydrogens (primary N) is 1.